The van der Waals surface area contributed by atoms with Crippen LogP contribution in [0.2, 0.25) is 0 Å². The summed E-state index contributed by atoms with van der Waals surface area (Å²) in [5.41, 5.74) is 0.482. The zero-order valence-electron chi connectivity index (χ0n) is 19.2. The predicted octanol–water partition coefficient (Wildman–Crippen LogP) is 3.15. The maximum absolute atomic E-state index is 13.0. The van der Waals surface area contributed by atoms with E-state index >= 15 is 0 Å². The highest BCUT2D eigenvalue weighted by atomic mass is 16.6. The maximum Gasteiger partial charge on any atom is 0.347 e. The molecule has 9 nitrogen and oxygen atoms in total. The van der Waals surface area contributed by atoms with E-state index in [9.17, 15) is 19.2 Å². The Morgan fingerprint density at radius 3 is 2.32 bits per heavy atom. The quantitative estimate of drug-likeness (QED) is 0.482. The molecule has 0 aliphatic rings. The van der Waals surface area contributed by atoms with E-state index in [1.807, 2.05) is 0 Å². The molecule has 0 saturated carbocycles. The van der Waals surface area contributed by atoms with Crippen molar-refractivity contribution in [2.24, 2.45) is 0 Å². The lowest BCUT2D eigenvalue weighted by molar-refractivity contribution is -0.150. The molecule has 0 radical (unpaired) electrons. The van der Waals surface area contributed by atoms with Crippen LogP contribution in [-0.2, 0) is 25.6 Å². The number of ether oxygens (including phenoxy) is 3. The molecule has 34 heavy (non-hydrogen) atoms. The standard InChI is InChI=1S/C25H26N2O7/c1-4-32-24(30)16(3)34-21-8-6-7-20-19(21)13-14-27(23(20)29)15-22(28)26-18-11-9-17(10-12-18)25(31)33-5-2/h6-14,16H,4-5,15H2,1-3H3,(H,26,28)/t16-/m1/s1. The van der Waals surface area contributed by atoms with Crippen LogP contribution < -0.4 is 15.6 Å². The molecule has 0 fully saturated rings. The molecule has 0 bridgehead atoms. The highest BCUT2D eigenvalue weighted by Crippen LogP contribution is 2.24. The number of benzene rings is 2. The molecule has 3 aromatic rings. The minimum atomic E-state index is -0.839. The minimum absolute atomic E-state index is 0.210. The van der Waals surface area contributed by atoms with E-state index in [4.69, 9.17) is 14.2 Å². The van der Waals surface area contributed by atoms with Crippen molar-refractivity contribution < 1.29 is 28.6 Å². The number of fused-ring (bicyclic) bond motifs is 1. The van der Waals surface area contributed by atoms with Crippen molar-refractivity contribution in [3.63, 3.8) is 0 Å². The predicted molar refractivity (Wildman–Crippen MR) is 126 cm³/mol. The molecule has 0 aliphatic heterocycles. The SMILES string of the molecule is CCOC(=O)c1ccc(NC(=O)Cn2ccc3c(O[C@H](C)C(=O)OCC)cccc3c2=O)cc1. The largest absolute Gasteiger partial charge is 0.478 e. The molecule has 0 unspecified atom stereocenters. The average molecular weight is 466 g/mol. The zero-order chi connectivity index (χ0) is 24.7. The Morgan fingerprint density at radius 2 is 1.65 bits per heavy atom. The number of aromatic nitrogens is 1. The Kier molecular flexibility index (Phi) is 8.02. The Bertz CT molecular complexity index is 1250. The first-order valence-corrected chi connectivity index (χ1v) is 10.9. The number of pyridine rings is 1. The van der Waals surface area contributed by atoms with Gasteiger partial charge < -0.3 is 24.1 Å². The van der Waals surface area contributed by atoms with Crippen molar-refractivity contribution >= 4 is 34.3 Å². The minimum Gasteiger partial charge on any atom is -0.478 e. The third kappa shape index (κ3) is 5.80. The molecule has 2 aromatic carbocycles. The van der Waals surface area contributed by atoms with Crippen LogP contribution in [0.15, 0.2) is 59.5 Å². The molecule has 178 valence electrons. The summed E-state index contributed by atoms with van der Waals surface area (Å²) in [5, 5.41) is 3.57. The Morgan fingerprint density at radius 1 is 0.941 bits per heavy atom. The molecule has 1 atom stereocenters. The summed E-state index contributed by atoms with van der Waals surface area (Å²) in [6.07, 6.45) is 0.657. The Balaban J connectivity index is 1.73. The van der Waals surface area contributed by atoms with Gasteiger partial charge in [0.25, 0.3) is 5.56 Å². The molecular formula is C25H26N2O7. The van der Waals surface area contributed by atoms with E-state index in [1.165, 1.54) is 10.8 Å². The number of esters is 2. The van der Waals surface area contributed by atoms with Crippen molar-refractivity contribution in [2.75, 3.05) is 18.5 Å². The van der Waals surface area contributed by atoms with Gasteiger partial charge in [0.15, 0.2) is 6.10 Å². The number of rotatable bonds is 9. The molecule has 3 rings (SSSR count). The van der Waals surface area contributed by atoms with Crippen molar-refractivity contribution in [1.82, 2.24) is 4.57 Å². The summed E-state index contributed by atoms with van der Waals surface area (Å²) < 4.78 is 16.9. The van der Waals surface area contributed by atoms with Crippen molar-refractivity contribution in [3.8, 4) is 5.75 Å². The molecule has 0 aliphatic carbocycles. The van der Waals surface area contributed by atoms with E-state index < -0.39 is 23.9 Å². The van der Waals surface area contributed by atoms with Crippen LogP contribution in [0.1, 0.15) is 31.1 Å². The zero-order valence-corrected chi connectivity index (χ0v) is 19.2. The number of anilines is 1. The van der Waals surface area contributed by atoms with Crippen LogP contribution in [-0.4, -0.2) is 41.7 Å². The van der Waals surface area contributed by atoms with Crippen LogP contribution >= 0.6 is 0 Å². The van der Waals surface area contributed by atoms with Crippen LogP contribution in [0.25, 0.3) is 10.8 Å². The summed E-state index contributed by atoms with van der Waals surface area (Å²) in [5.74, 6) is -0.981. The first kappa shape index (κ1) is 24.5. The summed E-state index contributed by atoms with van der Waals surface area (Å²) >= 11 is 0. The molecular weight excluding hydrogens is 440 g/mol. The van der Waals surface area contributed by atoms with Crippen LogP contribution in [0.5, 0.6) is 5.75 Å². The van der Waals surface area contributed by atoms with Gasteiger partial charge in [0.1, 0.15) is 12.3 Å². The fourth-order valence-corrected chi connectivity index (χ4v) is 3.27. The third-order valence-corrected chi connectivity index (χ3v) is 4.89. The Labute approximate surface area is 196 Å². The van der Waals surface area contributed by atoms with Gasteiger partial charge in [0, 0.05) is 17.3 Å². The maximum atomic E-state index is 13.0. The van der Waals surface area contributed by atoms with E-state index in [1.54, 1.807) is 69.3 Å². The lowest BCUT2D eigenvalue weighted by Crippen LogP contribution is -2.28. The Hall–Kier alpha value is -4.14. The van der Waals surface area contributed by atoms with Gasteiger partial charge >= 0.3 is 11.9 Å². The van der Waals surface area contributed by atoms with Gasteiger partial charge in [-0.25, -0.2) is 9.59 Å². The monoisotopic (exact) mass is 466 g/mol. The highest BCUT2D eigenvalue weighted by Gasteiger charge is 2.18. The number of hydrogen-bond acceptors (Lipinski definition) is 7. The smallest absolute Gasteiger partial charge is 0.347 e. The van der Waals surface area contributed by atoms with Gasteiger partial charge in [-0.1, -0.05) is 6.07 Å². The molecule has 1 heterocycles. The van der Waals surface area contributed by atoms with Crippen molar-refractivity contribution in [2.45, 2.75) is 33.4 Å². The van der Waals surface area contributed by atoms with Gasteiger partial charge in [0.2, 0.25) is 5.91 Å². The van der Waals surface area contributed by atoms with E-state index in [0.29, 0.717) is 27.8 Å². The highest BCUT2D eigenvalue weighted by molar-refractivity contribution is 5.93. The van der Waals surface area contributed by atoms with Gasteiger partial charge in [-0.15, -0.1) is 0 Å². The first-order valence-electron chi connectivity index (χ1n) is 10.9. The lowest BCUT2D eigenvalue weighted by Gasteiger charge is -2.15. The normalized spacial score (nSPS) is 11.5. The van der Waals surface area contributed by atoms with Gasteiger partial charge in [-0.05, 0) is 63.2 Å². The molecule has 9 heteroatoms. The third-order valence-electron chi connectivity index (χ3n) is 4.89. The van der Waals surface area contributed by atoms with Gasteiger partial charge in [-0.3, -0.25) is 9.59 Å². The van der Waals surface area contributed by atoms with E-state index in [-0.39, 0.29) is 25.3 Å². The lowest BCUT2D eigenvalue weighted by atomic mass is 10.1. The van der Waals surface area contributed by atoms with Gasteiger partial charge in [-0.2, -0.15) is 0 Å². The summed E-state index contributed by atoms with van der Waals surface area (Å²) in [6, 6.07) is 12.9. The van der Waals surface area contributed by atoms with Crippen LogP contribution in [0.3, 0.4) is 0 Å². The molecule has 0 saturated heterocycles. The summed E-state index contributed by atoms with van der Waals surface area (Å²) in [6.45, 7) is 5.30. The molecule has 1 N–H and O–H groups in total. The molecule has 0 spiro atoms. The number of nitrogens with zero attached hydrogens (tertiary/aromatic N) is 1. The second kappa shape index (κ2) is 11.1. The second-order valence-corrected chi connectivity index (χ2v) is 7.32. The number of carbonyl (C=O) groups is 3. The van der Waals surface area contributed by atoms with Crippen LogP contribution in [0.4, 0.5) is 5.69 Å². The number of amides is 1. The number of hydrogen-bond donors (Lipinski definition) is 1. The average Bonchev–Trinajstić information content (AvgIpc) is 2.82. The fraction of sp³-hybridized carbons (Fsp3) is 0.280. The first-order chi connectivity index (χ1) is 16.3. The number of carbonyl (C=O) groups excluding carboxylic acids is 3. The van der Waals surface area contributed by atoms with E-state index in [0.717, 1.165) is 0 Å². The summed E-state index contributed by atoms with van der Waals surface area (Å²) in [7, 11) is 0. The van der Waals surface area contributed by atoms with Gasteiger partial charge in [0.05, 0.1) is 24.2 Å². The molecule has 1 aromatic heterocycles. The fourth-order valence-electron chi connectivity index (χ4n) is 3.27. The van der Waals surface area contributed by atoms with E-state index in [2.05, 4.69) is 5.32 Å². The van der Waals surface area contributed by atoms with Crippen molar-refractivity contribution in [1.29, 1.82) is 0 Å². The molecule has 1 amide bonds. The van der Waals surface area contributed by atoms with Crippen molar-refractivity contribution in [3.05, 3.63) is 70.6 Å². The number of nitrogens with one attached hydrogen (secondary N) is 1. The topological polar surface area (TPSA) is 113 Å². The summed E-state index contributed by atoms with van der Waals surface area (Å²) in [4.78, 5) is 49.1. The van der Waals surface area contributed by atoms with Crippen LogP contribution in [0, 0.1) is 0 Å². The second-order valence-electron chi connectivity index (χ2n) is 7.32.